The maximum absolute atomic E-state index is 12.0. The molecule has 3 aromatic rings. The minimum Gasteiger partial charge on any atom is -0.298 e. The Morgan fingerprint density at radius 3 is 2.71 bits per heavy atom. The number of aromatic nitrogens is 1. The van der Waals surface area contributed by atoms with Gasteiger partial charge in [0.05, 0.1) is 15.1 Å². The van der Waals surface area contributed by atoms with Crippen LogP contribution in [0.2, 0.25) is 0 Å². The van der Waals surface area contributed by atoms with Gasteiger partial charge in [-0.05, 0) is 48.4 Å². The summed E-state index contributed by atoms with van der Waals surface area (Å²) in [6.45, 7) is 2.00. The third kappa shape index (κ3) is 3.64. The highest BCUT2D eigenvalue weighted by molar-refractivity contribution is 7.22. The van der Waals surface area contributed by atoms with Crippen molar-refractivity contribution in [3.8, 4) is 0 Å². The molecule has 1 aromatic heterocycles. The standard InChI is InChI=1S/C17H13N3O3S/c1-11-2-8-14-15(10-11)24-17(18-14)19-16(21)9-5-12-3-6-13(7-4-12)20(22)23/h2-10H,1H3,(H,18,19,21). The largest absolute Gasteiger partial charge is 0.298 e. The number of nitro groups is 1. The van der Waals surface area contributed by atoms with Crippen LogP contribution in [0.5, 0.6) is 0 Å². The smallest absolute Gasteiger partial charge is 0.269 e. The van der Waals surface area contributed by atoms with Gasteiger partial charge >= 0.3 is 0 Å². The average Bonchev–Trinajstić information content (AvgIpc) is 2.94. The third-order valence-electron chi connectivity index (χ3n) is 3.31. The van der Waals surface area contributed by atoms with Crippen molar-refractivity contribution in [2.75, 3.05) is 5.32 Å². The molecule has 0 spiro atoms. The molecule has 2 aromatic carbocycles. The van der Waals surface area contributed by atoms with Crippen LogP contribution in [0.3, 0.4) is 0 Å². The predicted octanol–water partition coefficient (Wildman–Crippen LogP) is 4.16. The number of nitro benzene ring substituents is 1. The summed E-state index contributed by atoms with van der Waals surface area (Å²) < 4.78 is 1.02. The molecule has 24 heavy (non-hydrogen) atoms. The zero-order valence-corrected chi connectivity index (χ0v) is 13.5. The molecule has 0 bridgehead atoms. The number of aryl methyl sites for hydroxylation is 1. The van der Waals surface area contributed by atoms with Gasteiger partial charge in [0.25, 0.3) is 5.69 Å². The number of carbonyl (C=O) groups is 1. The van der Waals surface area contributed by atoms with E-state index in [9.17, 15) is 14.9 Å². The molecular formula is C17H13N3O3S. The van der Waals surface area contributed by atoms with Crippen molar-refractivity contribution < 1.29 is 9.72 Å². The normalized spacial score (nSPS) is 11.0. The minimum absolute atomic E-state index is 0.0152. The van der Waals surface area contributed by atoms with Crippen molar-refractivity contribution in [1.29, 1.82) is 0 Å². The fourth-order valence-corrected chi connectivity index (χ4v) is 3.08. The number of non-ortho nitro benzene ring substituents is 1. The van der Waals surface area contributed by atoms with Crippen LogP contribution >= 0.6 is 11.3 Å². The first-order valence-electron chi connectivity index (χ1n) is 7.12. The van der Waals surface area contributed by atoms with E-state index in [4.69, 9.17) is 0 Å². The van der Waals surface area contributed by atoms with Crippen LogP contribution in [0.4, 0.5) is 10.8 Å². The van der Waals surface area contributed by atoms with Crippen LogP contribution < -0.4 is 5.32 Å². The third-order valence-corrected chi connectivity index (χ3v) is 4.24. The van der Waals surface area contributed by atoms with Gasteiger partial charge in [-0.1, -0.05) is 17.4 Å². The van der Waals surface area contributed by atoms with Crippen LogP contribution in [0.25, 0.3) is 16.3 Å². The quantitative estimate of drug-likeness (QED) is 0.439. The van der Waals surface area contributed by atoms with E-state index in [-0.39, 0.29) is 11.6 Å². The SMILES string of the molecule is Cc1ccc2nc(NC(=O)C=Cc3ccc([N+](=O)[O-])cc3)sc2c1. The Bertz CT molecular complexity index is 945. The number of carbonyl (C=O) groups excluding carboxylic acids is 1. The lowest BCUT2D eigenvalue weighted by Gasteiger charge is -1.96. The Kier molecular flexibility index (Phi) is 4.35. The number of rotatable bonds is 4. The fourth-order valence-electron chi connectivity index (χ4n) is 2.11. The van der Waals surface area contributed by atoms with E-state index >= 15 is 0 Å². The van der Waals surface area contributed by atoms with Gasteiger partial charge < -0.3 is 0 Å². The molecule has 0 aliphatic rings. The van der Waals surface area contributed by atoms with Crippen LogP contribution in [0.15, 0.2) is 48.5 Å². The Labute approximate surface area is 141 Å². The molecular weight excluding hydrogens is 326 g/mol. The van der Waals surface area contributed by atoms with Gasteiger partial charge in [-0.15, -0.1) is 0 Å². The van der Waals surface area contributed by atoms with Crippen molar-refractivity contribution in [2.24, 2.45) is 0 Å². The molecule has 0 unspecified atom stereocenters. The fraction of sp³-hybridized carbons (Fsp3) is 0.0588. The van der Waals surface area contributed by atoms with E-state index in [1.165, 1.54) is 29.5 Å². The van der Waals surface area contributed by atoms with E-state index < -0.39 is 4.92 Å². The zero-order valence-electron chi connectivity index (χ0n) is 12.7. The Morgan fingerprint density at radius 1 is 1.25 bits per heavy atom. The number of thiazole rings is 1. The Hall–Kier alpha value is -3.06. The minimum atomic E-state index is -0.463. The Balaban J connectivity index is 1.68. The van der Waals surface area contributed by atoms with Gasteiger partial charge in [0.15, 0.2) is 5.13 Å². The number of nitrogens with one attached hydrogen (secondary N) is 1. The van der Waals surface area contributed by atoms with Crippen LogP contribution in [0.1, 0.15) is 11.1 Å². The first kappa shape index (κ1) is 15.8. The summed E-state index contributed by atoms with van der Waals surface area (Å²) in [5, 5.41) is 13.9. The molecule has 120 valence electrons. The molecule has 0 saturated heterocycles. The number of anilines is 1. The second kappa shape index (κ2) is 6.59. The Morgan fingerprint density at radius 2 is 2.00 bits per heavy atom. The van der Waals surface area contributed by atoms with Gasteiger partial charge in [0.1, 0.15) is 0 Å². The molecule has 1 N–H and O–H groups in total. The van der Waals surface area contributed by atoms with Crippen LogP contribution in [-0.2, 0) is 4.79 Å². The highest BCUT2D eigenvalue weighted by Gasteiger charge is 2.06. The summed E-state index contributed by atoms with van der Waals surface area (Å²) in [4.78, 5) is 26.5. The van der Waals surface area contributed by atoms with Gasteiger partial charge in [-0.25, -0.2) is 4.98 Å². The summed E-state index contributed by atoms with van der Waals surface area (Å²) in [6, 6.07) is 11.9. The van der Waals surface area contributed by atoms with Crippen molar-refractivity contribution >= 4 is 44.4 Å². The predicted molar refractivity (Wildman–Crippen MR) is 95.1 cm³/mol. The first-order chi connectivity index (χ1) is 11.5. The maximum atomic E-state index is 12.0. The molecule has 0 fully saturated rings. The van der Waals surface area contributed by atoms with E-state index in [2.05, 4.69) is 10.3 Å². The highest BCUT2D eigenvalue weighted by atomic mass is 32.1. The average molecular weight is 339 g/mol. The molecule has 0 atom stereocenters. The van der Waals surface area contributed by atoms with Gasteiger partial charge in [0, 0.05) is 18.2 Å². The molecule has 6 nitrogen and oxygen atoms in total. The number of hydrogen-bond acceptors (Lipinski definition) is 5. The molecule has 0 aliphatic carbocycles. The molecule has 7 heteroatoms. The van der Waals surface area contributed by atoms with Crippen LogP contribution in [-0.4, -0.2) is 15.8 Å². The summed E-state index contributed by atoms with van der Waals surface area (Å²) >= 11 is 1.41. The van der Waals surface area contributed by atoms with Crippen molar-refractivity contribution in [3.63, 3.8) is 0 Å². The summed E-state index contributed by atoms with van der Waals surface area (Å²) in [5.41, 5.74) is 2.71. The number of fused-ring (bicyclic) bond motifs is 1. The maximum Gasteiger partial charge on any atom is 0.269 e. The monoisotopic (exact) mass is 339 g/mol. The van der Waals surface area contributed by atoms with Crippen molar-refractivity contribution in [1.82, 2.24) is 4.98 Å². The lowest BCUT2D eigenvalue weighted by Crippen LogP contribution is -2.07. The molecule has 1 amide bonds. The zero-order chi connectivity index (χ0) is 17.1. The summed E-state index contributed by atoms with van der Waals surface area (Å²) in [7, 11) is 0. The number of hydrogen-bond donors (Lipinski definition) is 1. The van der Waals surface area contributed by atoms with E-state index in [1.807, 2.05) is 25.1 Å². The van der Waals surface area contributed by atoms with Gasteiger partial charge in [-0.2, -0.15) is 0 Å². The lowest BCUT2D eigenvalue weighted by molar-refractivity contribution is -0.384. The number of nitrogens with zero attached hydrogens (tertiary/aromatic N) is 2. The topological polar surface area (TPSA) is 85.1 Å². The summed E-state index contributed by atoms with van der Waals surface area (Å²) in [5.74, 6) is -0.302. The highest BCUT2D eigenvalue weighted by Crippen LogP contribution is 2.26. The first-order valence-corrected chi connectivity index (χ1v) is 7.93. The van der Waals surface area contributed by atoms with Gasteiger partial charge in [0.2, 0.25) is 5.91 Å². The van der Waals surface area contributed by atoms with E-state index in [0.29, 0.717) is 10.7 Å². The second-order valence-electron chi connectivity index (χ2n) is 5.16. The van der Waals surface area contributed by atoms with E-state index in [0.717, 1.165) is 15.8 Å². The molecule has 0 saturated carbocycles. The molecule has 0 aliphatic heterocycles. The molecule has 1 heterocycles. The molecule has 3 rings (SSSR count). The number of amides is 1. The van der Waals surface area contributed by atoms with Crippen molar-refractivity contribution in [2.45, 2.75) is 6.92 Å². The lowest BCUT2D eigenvalue weighted by atomic mass is 10.2. The van der Waals surface area contributed by atoms with E-state index in [1.54, 1.807) is 18.2 Å². The van der Waals surface area contributed by atoms with Gasteiger partial charge in [-0.3, -0.25) is 20.2 Å². The van der Waals surface area contributed by atoms with Crippen LogP contribution in [0, 0.1) is 17.0 Å². The number of benzene rings is 2. The van der Waals surface area contributed by atoms with Crippen molar-refractivity contribution in [3.05, 3.63) is 69.8 Å². The molecule has 0 radical (unpaired) electrons. The summed E-state index contributed by atoms with van der Waals surface area (Å²) in [6.07, 6.45) is 2.97. The second-order valence-corrected chi connectivity index (χ2v) is 6.19.